The Hall–Kier alpha value is -2.40. The molecule has 3 aromatic rings. The van der Waals surface area contributed by atoms with Crippen LogP contribution in [0.25, 0.3) is 10.8 Å². The minimum absolute atomic E-state index is 0.126. The van der Waals surface area contributed by atoms with E-state index in [-0.39, 0.29) is 5.91 Å². The van der Waals surface area contributed by atoms with Gasteiger partial charge in [0.05, 0.1) is 5.69 Å². The first-order valence-corrected chi connectivity index (χ1v) is 10.4. The zero-order valence-electron chi connectivity index (χ0n) is 16.3. The van der Waals surface area contributed by atoms with Crippen LogP contribution in [0.3, 0.4) is 0 Å². The molecule has 2 aromatic carbocycles. The molecule has 4 nitrogen and oxygen atoms in total. The first-order valence-electron chi connectivity index (χ1n) is 9.21. The highest BCUT2D eigenvalue weighted by atomic mass is 32.2. The van der Waals surface area contributed by atoms with E-state index in [4.69, 9.17) is 0 Å². The molecule has 0 atom stereocenters. The maximum atomic E-state index is 13.0. The van der Waals surface area contributed by atoms with Crippen LogP contribution in [0.1, 0.15) is 30.3 Å². The van der Waals surface area contributed by atoms with Crippen LogP contribution in [0, 0.1) is 13.8 Å². The van der Waals surface area contributed by atoms with Crippen molar-refractivity contribution in [3.8, 4) is 0 Å². The molecular formula is C22H25N3OS. The molecule has 1 amide bonds. The zero-order chi connectivity index (χ0) is 19.4. The van der Waals surface area contributed by atoms with Gasteiger partial charge in [-0.25, -0.2) is 9.97 Å². The lowest BCUT2D eigenvalue weighted by Crippen LogP contribution is -2.31. The molecule has 5 heteroatoms. The maximum absolute atomic E-state index is 13.0. The Morgan fingerprint density at radius 2 is 1.70 bits per heavy atom. The Bertz CT molecular complexity index is 942. The van der Waals surface area contributed by atoms with E-state index >= 15 is 0 Å². The minimum atomic E-state index is 0.126. The number of aryl methyl sites for hydroxylation is 2. The second-order valence-corrected chi connectivity index (χ2v) is 7.27. The summed E-state index contributed by atoms with van der Waals surface area (Å²) in [4.78, 5) is 23.9. The Balaban J connectivity index is 1.82. The molecule has 0 aliphatic heterocycles. The van der Waals surface area contributed by atoms with Gasteiger partial charge in [0.2, 0.25) is 5.91 Å². The highest BCUT2D eigenvalue weighted by Gasteiger charge is 2.17. The summed E-state index contributed by atoms with van der Waals surface area (Å²) in [5, 5.41) is 3.04. The van der Waals surface area contributed by atoms with Crippen LogP contribution in [0.15, 0.2) is 47.6 Å². The van der Waals surface area contributed by atoms with Gasteiger partial charge >= 0.3 is 0 Å². The first-order chi connectivity index (χ1) is 13.0. The van der Waals surface area contributed by atoms with Crippen LogP contribution in [-0.2, 0) is 11.2 Å². The highest BCUT2D eigenvalue weighted by Crippen LogP contribution is 2.27. The molecule has 0 saturated heterocycles. The second-order valence-electron chi connectivity index (χ2n) is 6.50. The van der Waals surface area contributed by atoms with Crippen molar-refractivity contribution in [2.24, 2.45) is 0 Å². The monoisotopic (exact) mass is 379 g/mol. The average molecular weight is 380 g/mol. The number of aromatic nitrogens is 2. The standard InChI is InChI=1S/C22H25N3OS/c1-5-25(20-12-8-10-17-9-6-7-11-19(17)20)21(26)14-13-18-15(2)23-22(27-4)24-16(18)3/h6-12H,5,13-14H2,1-4H3. The molecule has 0 unspecified atom stereocenters. The predicted molar refractivity (Wildman–Crippen MR) is 114 cm³/mol. The third-order valence-corrected chi connectivity index (χ3v) is 5.39. The Morgan fingerprint density at radius 1 is 1.04 bits per heavy atom. The third-order valence-electron chi connectivity index (χ3n) is 4.85. The van der Waals surface area contributed by atoms with Crippen LogP contribution in [0.5, 0.6) is 0 Å². The number of thioether (sulfide) groups is 1. The second kappa shape index (κ2) is 8.53. The van der Waals surface area contributed by atoms with Gasteiger partial charge in [0.1, 0.15) is 0 Å². The molecule has 0 bridgehead atoms. The summed E-state index contributed by atoms with van der Waals surface area (Å²) in [5.41, 5.74) is 3.99. The summed E-state index contributed by atoms with van der Waals surface area (Å²) in [6, 6.07) is 14.3. The van der Waals surface area contributed by atoms with E-state index in [1.165, 1.54) is 11.8 Å². The zero-order valence-corrected chi connectivity index (χ0v) is 17.1. The van der Waals surface area contributed by atoms with Gasteiger partial charge in [-0.1, -0.05) is 48.2 Å². The van der Waals surface area contributed by atoms with E-state index in [0.717, 1.165) is 38.6 Å². The van der Waals surface area contributed by atoms with E-state index in [1.54, 1.807) is 0 Å². The summed E-state index contributed by atoms with van der Waals surface area (Å²) >= 11 is 1.54. The number of amides is 1. The molecule has 0 N–H and O–H groups in total. The molecule has 1 heterocycles. The van der Waals surface area contributed by atoms with Crippen molar-refractivity contribution in [2.75, 3.05) is 17.7 Å². The van der Waals surface area contributed by atoms with Crippen LogP contribution in [0.4, 0.5) is 5.69 Å². The molecule has 0 saturated carbocycles. The molecule has 140 valence electrons. The van der Waals surface area contributed by atoms with Crippen molar-refractivity contribution >= 4 is 34.1 Å². The van der Waals surface area contributed by atoms with Gasteiger partial charge in [-0.2, -0.15) is 0 Å². The topological polar surface area (TPSA) is 46.1 Å². The summed E-state index contributed by atoms with van der Waals surface area (Å²) < 4.78 is 0. The van der Waals surface area contributed by atoms with E-state index in [0.29, 0.717) is 19.4 Å². The van der Waals surface area contributed by atoms with E-state index in [1.807, 2.05) is 56.2 Å². The van der Waals surface area contributed by atoms with Gasteiger partial charge in [0.15, 0.2) is 5.16 Å². The number of benzene rings is 2. The average Bonchev–Trinajstić information content (AvgIpc) is 2.68. The molecule has 1 aromatic heterocycles. The first kappa shape index (κ1) is 19.4. The van der Waals surface area contributed by atoms with Crippen molar-refractivity contribution in [3.05, 3.63) is 59.4 Å². The third kappa shape index (κ3) is 4.14. The smallest absolute Gasteiger partial charge is 0.227 e. The molecule has 0 spiro atoms. The number of carbonyl (C=O) groups excluding carboxylic acids is 1. The molecule has 0 fully saturated rings. The molecule has 0 radical (unpaired) electrons. The van der Waals surface area contributed by atoms with Gasteiger partial charge in [-0.05, 0) is 50.5 Å². The van der Waals surface area contributed by atoms with E-state index < -0.39 is 0 Å². The van der Waals surface area contributed by atoms with Crippen molar-refractivity contribution < 1.29 is 4.79 Å². The fourth-order valence-electron chi connectivity index (χ4n) is 3.45. The van der Waals surface area contributed by atoms with Gasteiger partial charge in [-0.15, -0.1) is 0 Å². The number of hydrogen-bond donors (Lipinski definition) is 0. The number of carbonyl (C=O) groups is 1. The van der Waals surface area contributed by atoms with Gasteiger partial charge in [0, 0.05) is 29.7 Å². The normalized spacial score (nSPS) is 11.0. The van der Waals surface area contributed by atoms with Crippen molar-refractivity contribution in [2.45, 2.75) is 38.8 Å². The lowest BCUT2D eigenvalue weighted by Gasteiger charge is -2.23. The highest BCUT2D eigenvalue weighted by molar-refractivity contribution is 7.98. The fraction of sp³-hybridized carbons (Fsp3) is 0.318. The molecule has 0 aliphatic carbocycles. The minimum Gasteiger partial charge on any atom is -0.312 e. The van der Waals surface area contributed by atoms with Gasteiger partial charge in [0.25, 0.3) is 0 Å². The lowest BCUT2D eigenvalue weighted by atomic mass is 10.0. The van der Waals surface area contributed by atoms with Gasteiger partial charge < -0.3 is 4.90 Å². The number of fused-ring (bicyclic) bond motifs is 1. The van der Waals surface area contributed by atoms with Gasteiger partial charge in [-0.3, -0.25) is 4.79 Å². The van der Waals surface area contributed by atoms with Crippen LogP contribution >= 0.6 is 11.8 Å². The number of nitrogens with zero attached hydrogens (tertiary/aromatic N) is 3. The van der Waals surface area contributed by atoms with Crippen molar-refractivity contribution in [3.63, 3.8) is 0 Å². The summed E-state index contributed by atoms with van der Waals surface area (Å²) in [7, 11) is 0. The van der Waals surface area contributed by atoms with Crippen LogP contribution in [-0.4, -0.2) is 28.7 Å². The Labute approximate surface area is 165 Å². The number of rotatable bonds is 6. The van der Waals surface area contributed by atoms with Crippen molar-refractivity contribution in [1.82, 2.24) is 9.97 Å². The van der Waals surface area contributed by atoms with Crippen molar-refractivity contribution in [1.29, 1.82) is 0 Å². The molecule has 0 aliphatic rings. The largest absolute Gasteiger partial charge is 0.312 e. The number of anilines is 1. The van der Waals surface area contributed by atoms with Crippen LogP contribution < -0.4 is 4.90 Å². The van der Waals surface area contributed by atoms with Crippen LogP contribution in [0.2, 0.25) is 0 Å². The fourth-order valence-corrected chi connectivity index (χ4v) is 3.91. The summed E-state index contributed by atoms with van der Waals surface area (Å²) in [6.07, 6.45) is 3.08. The Kier molecular flexibility index (Phi) is 6.11. The molecule has 3 rings (SSSR count). The maximum Gasteiger partial charge on any atom is 0.227 e. The predicted octanol–water partition coefficient (Wildman–Crippen LogP) is 4.95. The number of hydrogen-bond acceptors (Lipinski definition) is 4. The Morgan fingerprint density at radius 3 is 2.37 bits per heavy atom. The van der Waals surface area contributed by atoms with E-state index in [2.05, 4.69) is 28.2 Å². The summed E-state index contributed by atoms with van der Waals surface area (Å²) in [5.74, 6) is 0.126. The van der Waals surface area contributed by atoms with E-state index in [9.17, 15) is 4.79 Å². The SMILES string of the molecule is CCN(C(=O)CCc1c(C)nc(SC)nc1C)c1cccc2ccccc12. The molecule has 27 heavy (non-hydrogen) atoms. The lowest BCUT2D eigenvalue weighted by molar-refractivity contribution is -0.118. The summed E-state index contributed by atoms with van der Waals surface area (Å²) in [6.45, 7) is 6.66. The molecular weight excluding hydrogens is 354 g/mol. The quantitative estimate of drug-likeness (QED) is 0.449.